The Labute approximate surface area is 132 Å². The third-order valence-corrected chi connectivity index (χ3v) is 3.86. The number of thioether (sulfide) groups is 1. The van der Waals surface area contributed by atoms with Gasteiger partial charge in [0.2, 0.25) is 0 Å². The number of esters is 1. The number of hydrogen-bond donors (Lipinski definition) is 0. The fraction of sp³-hybridized carbons (Fsp3) is 0.267. The summed E-state index contributed by atoms with van der Waals surface area (Å²) in [7, 11) is 1.29. The number of ether oxygens (including phenoxy) is 2. The predicted molar refractivity (Wildman–Crippen MR) is 82.3 cm³/mol. The Morgan fingerprint density at radius 2 is 1.95 bits per heavy atom. The number of carbonyl (C=O) groups excluding carboxylic acids is 3. The number of hydrogen-bond acceptors (Lipinski definition) is 6. The van der Waals surface area contributed by atoms with Crippen molar-refractivity contribution in [3.05, 3.63) is 34.7 Å². The highest BCUT2D eigenvalue weighted by Gasteiger charge is 2.33. The van der Waals surface area contributed by atoms with Gasteiger partial charge in [-0.15, -0.1) is 0 Å². The first-order valence-corrected chi connectivity index (χ1v) is 7.42. The monoisotopic (exact) mass is 321 g/mol. The average Bonchev–Trinajstić information content (AvgIpc) is 2.79. The van der Waals surface area contributed by atoms with Gasteiger partial charge < -0.3 is 9.47 Å². The molecule has 1 aromatic rings. The predicted octanol–water partition coefficient (Wildman–Crippen LogP) is 2.29. The van der Waals surface area contributed by atoms with Gasteiger partial charge in [0.1, 0.15) is 5.75 Å². The fourth-order valence-corrected chi connectivity index (χ4v) is 2.69. The first kappa shape index (κ1) is 16.1. The van der Waals surface area contributed by atoms with E-state index in [4.69, 9.17) is 4.74 Å². The lowest BCUT2D eigenvalue weighted by atomic mass is 10.2. The standard InChI is InChI=1S/C15H15NO5S/c1-3-16-14(18)12(22-15(16)19)8-10-4-6-11(7-5-10)21-9-13(17)20-2/h4-8H,3,9H2,1-2H3/b12-8+. The topological polar surface area (TPSA) is 72.9 Å². The molecule has 0 saturated carbocycles. The maximum Gasteiger partial charge on any atom is 0.343 e. The summed E-state index contributed by atoms with van der Waals surface area (Å²) in [6.45, 7) is 1.96. The molecule has 0 spiro atoms. The number of likely N-dealkylation sites (N-methyl/N-ethyl adjacent to an activating group) is 1. The van der Waals surface area contributed by atoms with E-state index in [0.29, 0.717) is 17.2 Å². The van der Waals surface area contributed by atoms with E-state index in [1.54, 1.807) is 37.3 Å². The van der Waals surface area contributed by atoms with Crippen LogP contribution in [0.2, 0.25) is 0 Å². The van der Waals surface area contributed by atoms with Crippen LogP contribution >= 0.6 is 11.8 Å². The van der Waals surface area contributed by atoms with Crippen LogP contribution in [0.5, 0.6) is 5.75 Å². The lowest BCUT2D eigenvalue weighted by molar-refractivity contribution is -0.142. The van der Waals surface area contributed by atoms with Gasteiger partial charge in [-0.25, -0.2) is 4.79 Å². The van der Waals surface area contributed by atoms with E-state index in [0.717, 1.165) is 17.3 Å². The summed E-state index contributed by atoms with van der Waals surface area (Å²) in [5.41, 5.74) is 0.770. The van der Waals surface area contributed by atoms with Crippen LogP contribution < -0.4 is 4.74 Å². The van der Waals surface area contributed by atoms with E-state index in [2.05, 4.69) is 4.74 Å². The van der Waals surface area contributed by atoms with E-state index >= 15 is 0 Å². The van der Waals surface area contributed by atoms with Crippen molar-refractivity contribution in [2.24, 2.45) is 0 Å². The van der Waals surface area contributed by atoms with Crippen LogP contribution in [0.3, 0.4) is 0 Å². The van der Waals surface area contributed by atoms with Gasteiger partial charge >= 0.3 is 5.97 Å². The summed E-state index contributed by atoms with van der Waals surface area (Å²) in [6, 6.07) is 6.84. The zero-order valence-corrected chi connectivity index (χ0v) is 13.0. The van der Waals surface area contributed by atoms with Crippen molar-refractivity contribution in [2.45, 2.75) is 6.92 Å². The molecule has 0 aromatic heterocycles. The van der Waals surface area contributed by atoms with Crippen molar-refractivity contribution in [1.29, 1.82) is 0 Å². The van der Waals surface area contributed by atoms with Crippen molar-refractivity contribution in [3.63, 3.8) is 0 Å². The number of rotatable bonds is 5. The van der Waals surface area contributed by atoms with Crippen LogP contribution in [-0.2, 0) is 14.3 Å². The maximum atomic E-state index is 12.0. The van der Waals surface area contributed by atoms with Crippen LogP contribution in [0, 0.1) is 0 Å². The van der Waals surface area contributed by atoms with Gasteiger partial charge in [-0.05, 0) is 42.5 Å². The van der Waals surface area contributed by atoms with Crippen molar-refractivity contribution in [2.75, 3.05) is 20.3 Å². The minimum Gasteiger partial charge on any atom is -0.482 e. The highest BCUT2D eigenvalue weighted by atomic mass is 32.2. The molecule has 116 valence electrons. The van der Waals surface area contributed by atoms with E-state index in [1.165, 1.54) is 12.0 Å². The minimum atomic E-state index is -0.461. The molecule has 0 bridgehead atoms. The Hall–Kier alpha value is -2.28. The maximum absolute atomic E-state index is 12.0. The number of imide groups is 1. The molecule has 22 heavy (non-hydrogen) atoms. The Balaban J connectivity index is 2.05. The van der Waals surface area contributed by atoms with E-state index < -0.39 is 5.97 Å². The molecule has 1 fully saturated rings. The van der Waals surface area contributed by atoms with Gasteiger partial charge in [-0.3, -0.25) is 14.5 Å². The average molecular weight is 321 g/mol. The lowest BCUT2D eigenvalue weighted by Crippen LogP contribution is -2.27. The molecule has 1 aliphatic heterocycles. The van der Waals surface area contributed by atoms with E-state index in [-0.39, 0.29) is 17.8 Å². The van der Waals surface area contributed by atoms with Gasteiger partial charge in [0, 0.05) is 6.54 Å². The van der Waals surface area contributed by atoms with Gasteiger partial charge in [-0.1, -0.05) is 12.1 Å². The zero-order valence-electron chi connectivity index (χ0n) is 12.2. The second-order valence-electron chi connectivity index (χ2n) is 4.36. The van der Waals surface area contributed by atoms with Crippen molar-refractivity contribution in [3.8, 4) is 5.75 Å². The van der Waals surface area contributed by atoms with Crippen molar-refractivity contribution in [1.82, 2.24) is 4.90 Å². The number of methoxy groups -OCH3 is 1. The number of amides is 2. The minimum absolute atomic E-state index is 0.161. The van der Waals surface area contributed by atoms with Gasteiger partial charge in [0.25, 0.3) is 11.1 Å². The van der Waals surface area contributed by atoms with Gasteiger partial charge in [0.15, 0.2) is 6.61 Å². The van der Waals surface area contributed by atoms with Gasteiger partial charge in [-0.2, -0.15) is 0 Å². The summed E-state index contributed by atoms with van der Waals surface area (Å²) in [5.74, 6) is -0.218. The van der Waals surface area contributed by atoms with E-state index in [1.807, 2.05) is 0 Å². The Morgan fingerprint density at radius 3 is 2.50 bits per heavy atom. The molecule has 6 nitrogen and oxygen atoms in total. The molecule has 2 rings (SSSR count). The van der Waals surface area contributed by atoms with Gasteiger partial charge in [0.05, 0.1) is 12.0 Å². The molecule has 0 aliphatic carbocycles. The largest absolute Gasteiger partial charge is 0.482 e. The van der Waals surface area contributed by atoms with Crippen molar-refractivity contribution >= 4 is 35.0 Å². The summed E-state index contributed by atoms with van der Waals surface area (Å²) in [6.07, 6.45) is 1.66. The Kier molecular flexibility index (Phi) is 5.21. The first-order valence-electron chi connectivity index (χ1n) is 6.60. The van der Waals surface area contributed by atoms with Crippen LogP contribution in [0.15, 0.2) is 29.2 Å². The summed E-state index contributed by atoms with van der Waals surface area (Å²) >= 11 is 0.929. The highest BCUT2D eigenvalue weighted by molar-refractivity contribution is 8.18. The smallest absolute Gasteiger partial charge is 0.343 e. The van der Waals surface area contributed by atoms with Crippen LogP contribution in [0.25, 0.3) is 6.08 Å². The zero-order chi connectivity index (χ0) is 16.1. The molecule has 1 saturated heterocycles. The first-order chi connectivity index (χ1) is 10.5. The Bertz CT molecular complexity index is 623. The molecule has 0 radical (unpaired) electrons. The molecule has 1 heterocycles. The van der Waals surface area contributed by atoms with E-state index in [9.17, 15) is 14.4 Å². The van der Waals surface area contributed by atoms with Crippen LogP contribution in [0.1, 0.15) is 12.5 Å². The molecule has 7 heteroatoms. The number of carbonyl (C=O) groups is 3. The van der Waals surface area contributed by atoms with Crippen LogP contribution in [-0.4, -0.2) is 42.3 Å². The fourth-order valence-electron chi connectivity index (χ4n) is 1.79. The second kappa shape index (κ2) is 7.13. The molecular weight excluding hydrogens is 306 g/mol. The molecule has 0 N–H and O–H groups in total. The van der Waals surface area contributed by atoms with Crippen LogP contribution in [0.4, 0.5) is 4.79 Å². The molecule has 2 amide bonds. The third kappa shape index (κ3) is 3.67. The Morgan fingerprint density at radius 1 is 1.27 bits per heavy atom. The normalized spacial score (nSPS) is 16.3. The summed E-state index contributed by atoms with van der Waals surface area (Å²) in [4.78, 5) is 36.2. The highest BCUT2D eigenvalue weighted by Crippen LogP contribution is 2.32. The second-order valence-corrected chi connectivity index (χ2v) is 5.35. The molecule has 1 aromatic carbocycles. The molecular formula is C15H15NO5S. The summed E-state index contributed by atoms with van der Waals surface area (Å²) in [5, 5.41) is -0.253. The quantitative estimate of drug-likeness (QED) is 0.612. The SMILES string of the molecule is CCN1C(=O)S/C(=C/c2ccc(OCC(=O)OC)cc2)C1=O. The number of nitrogens with zero attached hydrogens (tertiary/aromatic N) is 1. The summed E-state index contributed by atoms with van der Waals surface area (Å²) < 4.78 is 9.70. The molecule has 0 unspecified atom stereocenters. The lowest BCUT2D eigenvalue weighted by Gasteiger charge is -2.07. The van der Waals surface area contributed by atoms with Crippen molar-refractivity contribution < 1.29 is 23.9 Å². The third-order valence-electron chi connectivity index (χ3n) is 2.95. The molecule has 1 aliphatic rings. The molecule has 0 atom stereocenters. The number of benzene rings is 1.